The quantitative estimate of drug-likeness (QED) is 0.409. The van der Waals surface area contributed by atoms with Crippen LogP contribution < -0.4 is 4.74 Å². The Hall–Kier alpha value is -2.71. The van der Waals surface area contributed by atoms with Gasteiger partial charge in [0.2, 0.25) is 0 Å². The molecule has 0 bridgehead atoms. The number of sulfone groups is 1. The predicted octanol–water partition coefficient (Wildman–Crippen LogP) is 4.37. The molecule has 0 spiro atoms. The van der Waals surface area contributed by atoms with Crippen molar-refractivity contribution in [1.29, 1.82) is 0 Å². The number of benzene rings is 2. The average molecular weight is 500 g/mol. The molecule has 2 aromatic carbocycles. The van der Waals surface area contributed by atoms with E-state index in [1.165, 1.54) is 0 Å². The third-order valence-electron chi connectivity index (χ3n) is 6.74. The molecule has 0 saturated carbocycles. The summed E-state index contributed by atoms with van der Waals surface area (Å²) in [5, 5.41) is 2.86. The van der Waals surface area contributed by atoms with Crippen LogP contribution in [0.1, 0.15) is 45.1 Å². The first-order valence-electron chi connectivity index (χ1n) is 12.2. The SMILES string of the molecule is CC(=O)CCC(C(=O)C(C)C)c1coc2ccc3cc(OCCN4CCS(=O)(=O)CC4)ccc3c12. The normalized spacial score (nSPS) is 17.1. The fraction of sp³-hybridized carbons (Fsp3) is 0.481. The van der Waals surface area contributed by atoms with Gasteiger partial charge in [-0.2, -0.15) is 0 Å². The Balaban J connectivity index is 1.56. The summed E-state index contributed by atoms with van der Waals surface area (Å²) in [7, 11) is -2.89. The van der Waals surface area contributed by atoms with Gasteiger partial charge in [-0.05, 0) is 48.4 Å². The van der Waals surface area contributed by atoms with Crippen molar-refractivity contribution in [2.24, 2.45) is 5.92 Å². The van der Waals surface area contributed by atoms with E-state index < -0.39 is 15.8 Å². The fourth-order valence-corrected chi connectivity index (χ4v) is 5.96. The molecule has 2 heterocycles. The Morgan fingerprint density at radius 2 is 1.86 bits per heavy atom. The van der Waals surface area contributed by atoms with E-state index >= 15 is 0 Å². The summed E-state index contributed by atoms with van der Waals surface area (Å²) in [6, 6.07) is 9.75. The van der Waals surface area contributed by atoms with Crippen LogP contribution in [-0.4, -0.2) is 62.6 Å². The Labute approximate surface area is 206 Å². The van der Waals surface area contributed by atoms with Crippen molar-refractivity contribution < 1.29 is 27.2 Å². The summed E-state index contributed by atoms with van der Waals surface area (Å²) in [5.41, 5.74) is 1.55. The van der Waals surface area contributed by atoms with Gasteiger partial charge < -0.3 is 13.9 Å². The molecule has 188 valence electrons. The highest BCUT2D eigenvalue weighted by molar-refractivity contribution is 7.91. The lowest BCUT2D eigenvalue weighted by Crippen LogP contribution is -2.42. The second kappa shape index (κ2) is 10.5. The first-order valence-corrected chi connectivity index (χ1v) is 14.0. The van der Waals surface area contributed by atoms with Crippen molar-refractivity contribution >= 4 is 43.1 Å². The zero-order chi connectivity index (χ0) is 25.2. The standard InChI is InChI=1S/C27H33NO6S/c1-18(2)27(30)23(7-4-19(3)29)24-17-34-25-9-5-20-16-21(6-8-22(20)26(24)25)33-13-10-28-11-14-35(31,32)15-12-28/h5-6,8-9,16-18,23H,4,7,10-15H2,1-3H3. The highest BCUT2D eigenvalue weighted by atomic mass is 32.2. The molecule has 1 aromatic heterocycles. The van der Waals surface area contributed by atoms with E-state index in [1.54, 1.807) is 13.2 Å². The Morgan fingerprint density at radius 3 is 2.54 bits per heavy atom. The number of ketones is 2. The lowest BCUT2D eigenvalue weighted by Gasteiger charge is -2.26. The zero-order valence-electron chi connectivity index (χ0n) is 20.6. The van der Waals surface area contributed by atoms with Gasteiger partial charge in [-0.15, -0.1) is 0 Å². The molecule has 0 amide bonds. The number of rotatable bonds is 10. The molecule has 0 aliphatic carbocycles. The van der Waals surface area contributed by atoms with Crippen molar-refractivity contribution in [3.8, 4) is 5.75 Å². The second-order valence-electron chi connectivity index (χ2n) is 9.70. The van der Waals surface area contributed by atoms with Gasteiger partial charge in [0.05, 0.1) is 17.8 Å². The lowest BCUT2D eigenvalue weighted by atomic mass is 9.84. The van der Waals surface area contributed by atoms with E-state index in [1.807, 2.05) is 44.2 Å². The number of carbonyl (C=O) groups excluding carboxylic acids is 2. The van der Waals surface area contributed by atoms with E-state index in [2.05, 4.69) is 4.90 Å². The smallest absolute Gasteiger partial charge is 0.152 e. The minimum absolute atomic E-state index is 0.0668. The van der Waals surface area contributed by atoms with Gasteiger partial charge in [-0.1, -0.05) is 19.9 Å². The fourth-order valence-electron chi connectivity index (χ4n) is 4.68. The molecule has 1 unspecified atom stereocenters. The highest BCUT2D eigenvalue weighted by Crippen LogP contribution is 2.38. The largest absolute Gasteiger partial charge is 0.492 e. The number of ether oxygens (including phenoxy) is 1. The Morgan fingerprint density at radius 1 is 1.11 bits per heavy atom. The van der Waals surface area contributed by atoms with Crippen LogP contribution in [0, 0.1) is 5.92 Å². The van der Waals surface area contributed by atoms with Gasteiger partial charge in [-0.25, -0.2) is 8.42 Å². The summed E-state index contributed by atoms with van der Waals surface area (Å²) in [6.45, 7) is 7.56. The molecule has 1 aliphatic rings. The molecule has 0 radical (unpaired) electrons. The van der Waals surface area contributed by atoms with E-state index in [-0.39, 0.29) is 29.0 Å². The van der Waals surface area contributed by atoms with Crippen LogP contribution in [0.4, 0.5) is 0 Å². The van der Waals surface area contributed by atoms with Gasteiger partial charge in [0, 0.05) is 48.8 Å². The highest BCUT2D eigenvalue weighted by Gasteiger charge is 2.27. The number of fused-ring (bicyclic) bond motifs is 3. The molecule has 0 N–H and O–H groups in total. The molecule has 3 aromatic rings. The summed E-state index contributed by atoms with van der Waals surface area (Å²) >= 11 is 0. The molecular weight excluding hydrogens is 466 g/mol. The van der Waals surface area contributed by atoms with Gasteiger partial charge in [0.15, 0.2) is 9.84 Å². The van der Waals surface area contributed by atoms with Crippen molar-refractivity contribution in [3.05, 3.63) is 42.2 Å². The van der Waals surface area contributed by atoms with E-state index in [0.717, 1.165) is 27.5 Å². The zero-order valence-corrected chi connectivity index (χ0v) is 21.4. The van der Waals surface area contributed by atoms with Crippen LogP contribution in [0.3, 0.4) is 0 Å². The van der Waals surface area contributed by atoms with E-state index in [9.17, 15) is 18.0 Å². The first-order chi connectivity index (χ1) is 16.6. The van der Waals surface area contributed by atoms with Crippen LogP contribution in [-0.2, 0) is 19.4 Å². The Kier molecular flexibility index (Phi) is 7.62. The molecule has 1 fully saturated rings. The Bertz CT molecular complexity index is 1330. The van der Waals surface area contributed by atoms with Gasteiger partial charge in [0.25, 0.3) is 0 Å². The molecule has 35 heavy (non-hydrogen) atoms. The maximum absolute atomic E-state index is 13.1. The number of nitrogens with zero attached hydrogens (tertiary/aromatic N) is 1. The number of hydrogen-bond acceptors (Lipinski definition) is 7. The van der Waals surface area contributed by atoms with Crippen LogP contribution >= 0.6 is 0 Å². The summed E-state index contributed by atoms with van der Waals surface area (Å²) in [6.07, 6.45) is 2.48. The summed E-state index contributed by atoms with van der Waals surface area (Å²) in [5.74, 6) is 0.783. The third-order valence-corrected chi connectivity index (χ3v) is 8.35. The van der Waals surface area contributed by atoms with Crippen molar-refractivity contribution in [2.45, 2.75) is 39.5 Å². The van der Waals surface area contributed by atoms with Crippen molar-refractivity contribution in [2.75, 3.05) is 37.7 Å². The molecule has 1 saturated heterocycles. The van der Waals surface area contributed by atoms with Crippen molar-refractivity contribution in [1.82, 2.24) is 4.90 Å². The predicted molar refractivity (Wildman–Crippen MR) is 137 cm³/mol. The molecule has 7 nitrogen and oxygen atoms in total. The maximum atomic E-state index is 13.1. The summed E-state index contributed by atoms with van der Waals surface area (Å²) in [4.78, 5) is 26.8. The van der Waals surface area contributed by atoms with Crippen LogP contribution in [0.5, 0.6) is 5.75 Å². The van der Waals surface area contributed by atoms with Gasteiger partial charge in [0.1, 0.15) is 29.5 Å². The van der Waals surface area contributed by atoms with Crippen LogP contribution in [0.15, 0.2) is 41.0 Å². The molecule has 8 heteroatoms. The van der Waals surface area contributed by atoms with Crippen LogP contribution in [0.25, 0.3) is 21.7 Å². The average Bonchev–Trinajstić information content (AvgIpc) is 3.24. The number of furan rings is 1. The molecule has 1 atom stereocenters. The molecule has 4 rings (SSSR count). The maximum Gasteiger partial charge on any atom is 0.152 e. The minimum atomic E-state index is -2.89. The monoisotopic (exact) mass is 499 g/mol. The topological polar surface area (TPSA) is 93.9 Å². The van der Waals surface area contributed by atoms with Crippen molar-refractivity contribution in [3.63, 3.8) is 0 Å². The second-order valence-corrected chi connectivity index (χ2v) is 12.0. The minimum Gasteiger partial charge on any atom is -0.492 e. The van der Waals surface area contributed by atoms with E-state index in [0.29, 0.717) is 44.7 Å². The first kappa shape index (κ1) is 25.4. The van der Waals surface area contributed by atoms with Crippen LogP contribution in [0.2, 0.25) is 0 Å². The lowest BCUT2D eigenvalue weighted by molar-refractivity contribution is -0.123. The number of carbonyl (C=O) groups is 2. The number of Topliss-reactive ketones (excluding diaryl/α,β-unsaturated/α-hetero) is 2. The van der Waals surface area contributed by atoms with Gasteiger partial charge >= 0.3 is 0 Å². The van der Waals surface area contributed by atoms with Gasteiger partial charge in [-0.3, -0.25) is 9.69 Å². The van der Waals surface area contributed by atoms with E-state index in [4.69, 9.17) is 9.15 Å². The third kappa shape index (κ3) is 5.93. The summed E-state index contributed by atoms with van der Waals surface area (Å²) < 4.78 is 35.0. The molecule has 1 aliphatic heterocycles. The molecular formula is C27H33NO6S. The number of hydrogen-bond donors (Lipinski definition) is 0.